The summed E-state index contributed by atoms with van der Waals surface area (Å²) >= 11 is -1.14. The van der Waals surface area contributed by atoms with Gasteiger partial charge in [-0.25, -0.2) is 9.07 Å². The molecule has 1 heterocycles. The van der Waals surface area contributed by atoms with E-state index in [1.807, 2.05) is 33.9 Å². The topological polar surface area (TPSA) is 52.9 Å². The van der Waals surface area contributed by atoms with Crippen molar-refractivity contribution < 1.29 is 8.94 Å². The van der Waals surface area contributed by atoms with Gasteiger partial charge in [-0.05, 0) is 52.0 Å². The van der Waals surface area contributed by atoms with Gasteiger partial charge in [0.1, 0.15) is 10.6 Å². The second kappa shape index (κ2) is 6.17. The van der Waals surface area contributed by atoms with Crippen LogP contribution in [0.2, 0.25) is 0 Å². The van der Waals surface area contributed by atoms with Crippen LogP contribution < -0.4 is 4.72 Å². The van der Waals surface area contributed by atoms with Crippen molar-refractivity contribution in [1.29, 1.82) is 0 Å². The molecule has 0 saturated carbocycles. The number of aromatic nitrogens is 2. The van der Waals surface area contributed by atoms with Crippen molar-refractivity contribution in [2.75, 3.05) is 0 Å². The lowest BCUT2D eigenvalue weighted by Gasteiger charge is -2.26. The van der Waals surface area contributed by atoms with E-state index in [-0.39, 0.29) is 16.6 Å². The third kappa shape index (κ3) is 4.06. The summed E-state index contributed by atoms with van der Waals surface area (Å²) in [6, 6.07) is 6.04. The lowest BCUT2D eigenvalue weighted by molar-refractivity contribution is 0.531. The molecule has 0 saturated heterocycles. The fraction of sp³-hybridized carbons (Fsp3) is 0.400. The Hall–Kier alpha value is -1.37. The zero-order valence-corrected chi connectivity index (χ0v) is 13.4. The number of rotatable bonds is 4. The van der Waals surface area contributed by atoms with E-state index in [4.69, 9.17) is 0 Å². The van der Waals surface area contributed by atoms with E-state index in [0.29, 0.717) is 0 Å². The molecule has 1 aromatic carbocycles. The third-order valence-electron chi connectivity index (χ3n) is 3.03. The van der Waals surface area contributed by atoms with Crippen molar-refractivity contribution >= 4 is 11.4 Å². The van der Waals surface area contributed by atoms with Crippen LogP contribution in [0.1, 0.15) is 39.3 Å². The zero-order valence-electron chi connectivity index (χ0n) is 12.6. The van der Waals surface area contributed by atoms with Crippen LogP contribution >= 0.6 is 0 Å². The first-order valence-corrected chi connectivity index (χ1v) is 7.91. The lowest BCUT2D eigenvalue weighted by atomic mass is 10.2. The summed E-state index contributed by atoms with van der Waals surface area (Å²) in [6.45, 7) is 7.70. The van der Waals surface area contributed by atoms with Crippen LogP contribution in [-0.2, 0) is 11.4 Å². The number of nitrogens with one attached hydrogen (secondary N) is 1. The van der Waals surface area contributed by atoms with Gasteiger partial charge in [-0.15, -0.1) is 4.72 Å². The van der Waals surface area contributed by atoms with E-state index in [1.165, 1.54) is 12.1 Å². The Labute approximate surface area is 127 Å². The number of halogens is 1. The molecule has 0 aliphatic heterocycles. The molecule has 0 aliphatic rings. The van der Waals surface area contributed by atoms with Crippen molar-refractivity contribution in [3.8, 4) is 5.69 Å². The molecule has 4 nitrogen and oxygen atoms in total. The molecule has 114 valence electrons. The molecule has 0 amide bonds. The molecular weight excluding hydrogens is 289 g/mol. The number of hydrogen-bond acceptors (Lipinski definition) is 3. The summed E-state index contributed by atoms with van der Waals surface area (Å²) in [5.41, 5.74) is 1.71. The minimum absolute atomic E-state index is 0.0840. The van der Waals surface area contributed by atoms with Crippen LogP contribution in [0.25, 0.3) is 5.69 Å². The van der Waals surface area contributed by atoms with Crippen molar-refractivity contribution in [3.63, 3.8) is 0 Å². The minimum Gasteiger partial charge on any atom is -0.598 e. The van der Waals surface area contributed by atoms with Crippen LogP contribution in [0.3, 0.4) is 0 Å². The predicted octanol–water partition coefficient (Wildman–Crippen LogP) is 3.12. The Morgan fingerprint density at radius 3 is 2.48 bits per heavy atom. The van der Waals surface area contributed by atoms with Gasteiger partial charge in [-0.2, -0.15) is 5.10 Å². The summed E-state index contributed by atoms with van der Waals surface area (Å²) in [4.78, 5) is 0. The van der Waals surface area contributed by atoms with E-state index in [9.17, 15) is 8.94 Å². The average molecular weight is 309 g/mol. The summed E-state index contributed by atoms with van der Waals surface area (Å²) in [5.74, 6) is -0.276. The van der Waals surface area contributed by atoms with Gasteiger partial charge in [-0.1, -0.05) is 0 Å². The highest BCUT2D eigenvalue weighted by Crippen LogP contribution is 2.20. The van der Waals surface area contributed by atoms with Gasteiger partial charge < -0.3 is 4.55 Å². The molecule has 2 aromatic rings. The van der Waals surface area contributed by atoms with E-state index >= 15 is 0 Å². The highest BCUT2D eigenvalue weighted by molar-refractivity contribution is 7.90. The SMILES string of the molecule is C[C@H](N[S@+]([O-])C(C)(C)C)c1cnn(-c2ccc(F)cc2)c1. The molecule has 2 atom stereocenters. The molecule has 0 fully saturated rings. The highest BCUT2D eigenvalue weighted by atomic mass is 32.2. The van der Waals surface area contributed by atoms with Gasteiger partial charge in [0.2, 0.25) is 0 Å². The van der Waals surface area contributed by atoms with Gasteiger partial charge >= 0.3 is 0 Å². The first-order valence-electron chi connectivity index (χ1n) is 6.76. The van der Waals surface area contributed by atoms with Crippen molar-refractivity contribution in [2.24, 2.45) is 0 Å². The van der Waals surface area contributed by atoms with Crippen LogP contribution in [0.15, 0.2) is 36.7 Å². The quantitative estimate of drug-likeness (QED) is 0.883. The van der Waals surface area contributed by atoms with Gasteiger partial charge in [0, 0.05) is 23.1 Å². The lowest BCUT2D eigenvalue weighted by Crippen LogP contribution is -2.40. The smallest absolute Gasteiger partial charge is 0.136 e. The van der Waals surface area contributed by atoms with E-state index < -0.39 is 11.4 Å². The molecule has 21 heavy (non-hydrogen) atoms. The summed E-state index contributed by atoms with van der Waals surface area (Å²) in [6.07, 6.45) is 3.58. The third-order valence-corrected chi connectivity index (χ3v) is 4.71. The van der Waals surface area contributed by atoms with Gasteiger partial charge in [0.05, 0.1) is 17.9 Å². The van der Waals surface area contributed by atoms with Crippen LogP contribution in [-0.4, -0.2) is 19.1 Å². The maximum Gasteiger partial charge on any atom is 0.136 e. The fourth-order valence-corrected chi connectivity index (χ4v) is 2.51. The predicted molar refractivity (Wildman–Crippen MR) is 83.0 cm³/mol. The molecule has 0 radical (unpaired) electrons. The van der Waals surface area contributed by atoms with Gasteiger partial charge in [0.25, 0.3) is 0 Å². The largest absolute Gasteiger partial charge is 0.598 e. The molecular formula is C15H20FN3OS. The summed E-state index contributed by atoms with van der Waals surface area (Å²) in [5, 5.41) is 4.26. The number of hydrogen-bond donors (Lipinski definition) is 1. The zero-order chi connectivity index (χ0) is 15.6. The van der Waals surface area contributed by atoms with Crippen molar-refractivity contribution in [1.82, 2.24) is 14.5 Å². The molecule has 0 unspecified atom stereocenters. The number of benzene rings is 1. The van der Waals surface area contributed by atoms with Crippen LogP contribution in [0.4, 0.5) is 4.39 Å². The maximum atomic E-state index is 12.9. The highest BCUT2D eigenvalue weighted by Gasteiger charge is 2.28. The Morgan fingerprint density at radius 2 is 1.90 bits per heavy atom. The molecule has 2 rings (SSSR count). The van der Waals surface area contributed by atoms with E-state index in [2.05, 4.69) is 9.82 Å². The Morgan fingerprint density at radius 1 is 1.29 bits per heavy atom. The van der Waals surface area contributed by atoms with Crippen LogP contribution in [0, 0.1) is 5.82 Å². The Bertz CT molecular complexity index is 592. The Kier molecular flexibility index (Phi) is 4.70. The monoisotopic (exact) mass is 309 g/mol. The summed E-state index contributed by atoms with van der Waals surface area (Å²) in [7, 11) is 0. The van der Waals surface area contributed by atoms with Crippen LogP contribution in [0.5, 0.6) is 0 Å². The van der Waals surface area contributed by atoms with Gasteiger partial charge in [0.15, 0.2) is 0 Å². The fourth-order valence-electron chi connectivity index (χ4n) is 1.70. The standard InChI is InChI=1S/C15H20FN3OS/c1-11(18-21(20)15(2,3)4)12-9-17-19(10-12)14-7-5-13(16)6-8-14/h5-11,18H,1-4H3/t11-,21+/m0/s1. The normalized spacial score (nSPS) is 15.0. The molecule has 1 aromatic heterocycles. The molecule has 1 N–H and O–H groups in total. The summed E-state index contributed by atoms with van der Waals surface area (Å²) < 4.78 is 29.4. The van der Waals surface area contributed by atoms with Gasteiger partial charge in [-0.3, -0.25) is 0 Å². The molecule has 0 aliphatic carbocycles. The molecule has 0 spiro atoms. The molecule has 0 bridgehead atoms. The minimum atomic E-state index is -1.14. The Balaban J connectivity index is 2.10. The molecule has 6 heteroatoms. The first kappa shape index (κ1) is 16.0. The first-order chi connectivity index (χ1) is 9.77. The average Bonchev–Trinajstić information content (AvgIpc) is 2.88. The van der Waals surface area contributed by atoms with Crippen molar-refractivity contribution in [3.05, 3.63) is 48.0 Å². The maximum absolute atomic E-state index is 12.9. The van der Waals surface area contributed by atoms with Crippen molar-refractivity contribution in [2.45, 2.75) is 38.5 Å². The second-order valence-electron chi connectivity index (χ2n) is 5.92. The van der Waals surface area contributed by atoms with E-state index in [1.54, 1.807) is 23.0 Å². The van der Waals surface area contributed by atoms with E-state index in [0.717, 1.165) is 11.3 Å². The number of nitrogens with zero attached hydrogens (tertiary/aromatic N) is 2. The second-order valence-corrected chi connectivity index (χ2v) is 7.91.